The maximum Gasteiger partial charge on any atom is 0.251 e. The first-order valence-electron chi connectivity index (χ1n) is 8.47. The van der Waals surface area contributed by atoms with Crippen molar-refractivity contribution in [3.05, 3.63) is 29.8 Å². The van der Waals surface area contributed by atoms with Crippen LogP contribution in [-0.4, -0.2) is 38.1 Å². The Labute approximate surface area is 143 Å². The highest BCUT2D eigenvalue weighted by molar-refractivity contribution is 7.89. The van der Waals surface area contributed by atoms with Crippen LogP contribution in [0, 0.1) is 0 Å². The number of sulfonamides is 1. The summed E-state index contributed by atoms with van der Waals surface area (Å²) in [5.41, 5.74) is 0.453. The van der Waals surface area contributed by atoms with E-state index < -0.39 is 16.1 Å². The number of carbonyl (C=O) groups is 1. The Balaban J connectivity index is 1.99. The van der Waals surface area contributed by atoms with Gasteiger partial charge in [-0.1, -0.05) is 25.7 Å². The van der Waals surface area contributed by atoms with Crippen LogP contribution in [0.2, 0.25) is 0 Å². The Morgan fingerprint density at radius 2 is 1.75 bits per heavy atom. The second-order valence-electron chi connectivity index (χ2n) is 6.39. The quantitative estimate of drug-likeness (QED) is 0.679. The number of carbonyl (C=O) groups excluding carboxylic acids is 1. The number of aliphatic hydroxyl groups excluding tert-OH is 1. The molecule has 1 aromatic rings. The number of nitrogens with one attached hydrogen (secondary N) is 2. The molecule has 134 valence electrons. The van der Waals surface area contributed by atoms with Crippen molar-refractivity contribution in [2.75, 3.05) is 6.54 Å². The minimum absolute atomic E-state index is 0.0494. The lowest BCUT2D eigenvalue weighted by Crippen LogP contribution is -2.34. The molecule has 1 fully saturated rings. The molecule has 1 amide bonds. The van der Waals surface area contributed by atoms with Crippen LogP contribution < -0.4 is 10.0 Å². The molecule has 7 heteroatoms. The van der Waals surface area contributed by atoms with Crippen molar-refractivity contribution in [3.63, 3.8) is 0 Å². The van der Waals surface area contributed by atoms with Crippen molar-refractivity contribution in [1.29, 1.82) is 0 Å². The van der Waals surface area contributed by atoms with E-state index in [2.05, 4.69) is 10.0 Å². The van der Waals surface area contributed by atoms with Crippen molar-refractivity contribution in [2.24, 2.45) is 0 Å². The fourth-order valence-electron chi connectivity index (χ4n) is 2.79. The maximum atomic E-state index is 12.3. The largest absolute Gasteiger partial charge is 0.392 e. The Hall–Kier alpha value is -1.44. The van der Waals surface area contributed by atoms with Crippen molar-refractivity contribution in [2.45, 2.75) is 62.5 Å². The van der Waals surface area contributed by atoms with Crippen molar-refractivity contribution < 1.29 is 18.3 Å². The van der Waals surface area contributed by atoms with Crippen LogP contribution in [-0.2, 0) is 10.0 Å². The van der Waals surface area contributed by atoms with E-state index in [1.54, 1.807) is 0 Å². The number of hydrogen-bond donors (Lipinski definition) is 3. The standard InChI is InChI=1S/C17H26N2O4S/c1-13(20)12-18-24(22,23)16-10-8-14(9-11-16)17(21)19-15-6-4-2-3-5-7-15/h8-11,13,15,18,20H,2-7,12H2,1H3,(H,19,21). The third-order valence-electron chi connectivity index (χ3n) is 4.19. The van der Waals surface area contributed by atoms with Gasteiger partial charge >= 0.3 is 0 Å². The minimum atomic E-state index is -3.67. The predicted molar refractivity (Wildman–Crippen MR) is 92.3 cm³/mol. The van der Waals surface area contributed by atoms with Crippen LogP contribution in [0.1, 0.15) is 55.8 Å². The zero-order valence-electron chi connectivity index (χ0n) is 14.0. The summed E-state index contributed by atoms with van der Waals surface area (Å²) in [6.45, 7) is 1.45. The van der Waals surface area contributed by atoms with Gasteiger partial charge < -0.3 is 10.4 Å². The van der Waals surface area contributed by atoms with Crippen LogP contribution in [0.25, 0.3) is 0 Å². The van der Waals surface area contributed by atoms with E-state index in [9.17, 15) is 18.3 Å². The van der Waals surface area contributed by atoms with Gasteiger partial charge in [-0.05, 0) is 44.0 Å². The second kappa shape index (κ2) is 8.60. The zero-order chi connectivity index (χ0) is 17.6. The minimum Gasteiger partial charge on any atom is -0.392 e. The van der Waals surface area contributed by atoms with Gasteiger partial charge in [0.05, 0.1) is 11.0 Å². The molecule has 0 bridgehead atoms. The smallest absolute Gasteiger partial charge is 0.251 e. The van der Waals surface area contributed by atoms with Crippen LogP contribution in [0.15, 0.2) is 29.2 Å². The molecule has 1 aliphatic carbocycles. The van der Waals surface area contributed by atoms with E-state index in [1.807, 2.05) is 0 Å². The fourth-order valence-corrected chi connectivity index (χ4v) is 3.91. The molecule has 1 unspecified atom stereocenters. The maximum absolute atomic E-state index is 12.3. The molecule has 0 heterocycles. The summed E-state index contributed by atoms with van der Waals surface area (Å²) in [4.78, 5) is 12.4. The van der Waals surface area contributed by atoms with Gasteiger partial charge in [-0.3, -0.25) is 4.79 Å². The molecule has 0 radical (unpaired) electrons. The molecule has 24 heavy (non-hydrogen) atoms. The van der Waals surface area contributed by atoms with Crippen molar-refractivity contribution in [3.8, 4) is 0 Å². The van der Waals surface area contributed by atoms with Gasteiger partial charge in [-0.15, -0.1) is 0 Å². The molecule has 6 nitrogen and oxygen atoms in total. The van der Waals surface area contributed by atoms with E-state index in [-0.39, 0.29) is 23.4 Å². The Kier molecular flexibility index (Phi) is 6.77. The van der Waals surface area contributed by atoms with E-state index in [1.165, 1.54) is 44.0 Å². The molecule has 0 aliphatic heterocycles. The van der Waals surface area contributed by atoms with Gasteiger partial charge in [-0.2, -0.15) is 0 Å². The first-order valence-corrected chi connectivity index (χ1v) is 9.95. The van der Waals surface area contributed by atoms with Crippen molar-refractivity contribution >= 4 is 15.9 Å². The molecule has 0 saturated heterocycles. The Bertz CT molecular complexity index is 633. The summed E-state index contributed by atoms with van der Waals surface area (Å²) < 4.78 is 26.4. The van der Waals surface area contributed by atoms with Crippen molar-refractivity contribution in [1.82, 2.24) is 10.0 Å². The summed E-state index contributed by atoms with van der Waals surface area (Å²) in [5.74, 6) is -0.164. The highest BCUT2D eigenvalue weighted by Crippen LogP contribution is 2.18. The number of amides is 1. The summed E-state index contributed by atoms with van der Waals surface area (Å²) in [6.07, 6.45) is 5.96. The van der Waals surface area contributed by atoms with Gasteiger partial charge in [-0.25, -0.2) is 13.1 Å². The first-order chi connectivity index (χ1) is 11.4. The normalized spacial score (nSPS) is 17.9. The van der Waals surface area contributed by atoms with Gasteiger partial charge in [0.25, 0.3) is 5.91 Å². The molecule has 1 saturated carbocycles. The summed E-state index contributed by atoms with van der Waals surface area (Å²) in [5, 5.41) is 12.2. The highest BCUT2D eigenvalue weighted by atomic mass is 32.2. The zero-order valence-corrected chi connectivity index (χ0v) is 14.8. The molecular weight excluding hydrogens is 328 g/mol. The highest BCUT2D eigenvalue weighted by Gasteiger charge is 2.18. The molecule has 3 N–H and O–H groups in total. The Morgan fingerprint density at radius 1 is 1.17 bits per heavy atom. The summed E-state index contributed by atoms with van der Waals surface area (Å²) >= 11 is 0. The topological polar surface area (TPSA) is 95.5 Å². The van der Waals surface area contributed by atoms with Gasteiger partial charge in [0.1, 0.15) is 0 Å². The number of rotatable bonds is 6. The molecule has 0 spiro atoms. The van der Waals surface area contributed by atoms with Crippen LogP contribution in [0.3, 0.4) is 0 Å². The van der Waals surface area contributed by atoms with Crippen LogP contribution in [0.5, 0.6) is 0 Å². The molecular formula is C17H26N2O4S. The monoisotopic (exact) mass is 354 g/mol. The first kappa shape index (κ1) is 18.9. The van der Waals surface area contributed by atoms with Crippen LogP contribution >= 0.6 is 0 Å². The lowest BCUT2D eigenvalue weighted by atomic mass is 10.1. The molecule has 0 aromatic heterocycles. The van der Waals surface area contributed by atoms with E-state index >= 15 is 0 Å². The molecule has 1 atom stereocenters. The summed E-state index contributed by atoms with van der Waals surface area (Å²) in [6, 6.07) is 6.06. The molecule has 1 aliphatic rings. The SMILES string of the molecule is CC(O)CNS(=O)(=O)c1ccc(C(=O)NC2CCCCCC2)cc1. The van der Waals surface area contributed by atoms with Gasteiger partial charge in [0.15, 0.2) is 0 Å². The third-order valence-corrected chi connectivity index (χ3v) is 5.63. The molecule has 1 aromatic carbocycles. The predicted octanol–water partition coefficient (Wildman–Crippen LogP) is 1.80. The van der Waals surface area contributed by atoms with Gasteiger partial charge in [0.2, 0.25) is 10.0 Å². The summed E-state index contributed by atoms with van der Waals surface area (Å²) in [7, 11) is -3.67. The number of hydrogen-bond acceptors (Lipinski definition) is 4. The second-order valence-corrected chi connectivity index (χ2v) is 8.15. The van der Waals surface area contributed by atoms with E-state index in [0.717, 1.165) is 25.7 Å². The number of aliphatic hydroxyl groups is 1. The lowest BCUT2D eigenvalue weighted by Gasteiger charge is -2.16. The fraction of sp³-hybridized carbons (Fsp3) is 0.588. The average molecular weight is 354 g/mol. The molecule has 2 rings (SSSR count). The van der Waals surface area contributed by atoms with Crippen LogP contribution in [0.4, 0.5) is 0 Å². The lowest BCUT2D eigenvalue weighted by molar-refractivity contribution is 0.0933. The third kappa shape index (κ3) is 5.58. The van der Waals surface area contributed by atoms with E-state index in [0.29, 0.717) is 5.56 Å². The Morgan fingerprint density at radius 3 is 2.29 bits per heavy atom. The average Bonchev–Trinajstić information content (AvgIpc) is 2.82. The van der Waals surface area contributed by atoms with Gasteiger partial charge in [0, 0.05) is 18.2 Å². The number of benzene rings is 1. The van der Waals surface area contributed by atoms with E-state index in [4.69, 9.17) is 0 Å².